The van der Waals surface area contributed by atoms with Crippen molar-refractivity contribution in [3.63, 3.8) is 0 Å². The Balaban J connectivity index is 1.83. The smallest absolute Gasteiger partial charge is 0.262 e. The Morgan fingerprint density at radius 3 is 2.84 bits per heavy atom. The van der Waals surface area contributed by atoms with Crippen molar-refractivity contribution < 1.29 is 14.3 Å². The first-order chi connectivity index (χ1) is 9.24. The second-order valence-corrected chi connectivity index (χ2v) is 4.94. The van der Waals surface area contributed by atoms with Crippen LogP contribution >= 0.6 is 0 Å². The summed E-state index contributed by atoms with van der Waals surface area (Å²) in [6.07, 6.45) is 1.75. The fraction of sp³-hybridized carbons (Fsp3) is 0.429. The minimum atomic E-state index is -0.182. The number of hydrogen-bond acceptors (Lipinski definition) is 4. The fourth-order valence-corrected chi connectivity index (χ4v) is 2.56. The van der Waals surface area contributed by atoms with Crippen LogP contribution in [-0.4, -0.2) is 31.4 Å². The summed E-state index contributed by atoms with van der Waals surface area (Å²) in [5.74, 6) is 0.684. The maximum absolute atomic E-state index is 12.4. The van der Waals surface area contributed by atoms with Gasteiger partial charge in [0.05, 0.1) is 5.69 Å². The average molecular weight is 260 g/mol. The van der Waals surface area contributed by atoms with E-state index < -0.39 is 0 Å². The van der Waals surface area contributed by atoms with E-state index in [4.69, 9.17) is 4.74 Å². The van der Waals surface area contributed by atoms with E-state index in [1.54, 1.807) is 18.2 Å². The number of fused-ring (bicyclic) bond motifs is 1. The summed E-state index contributed by atoms with van der Waals surface area (Å²) in [6, 6.07) is 5.25. The SMILES string of the molecule is O=C1COc2ccc(C(=O)C3CCNCC3)cc2N1. The average Bonchev–Trinajstić information content (AvgIpc) is 2.46. The number of carbonyl (C=O) groups is 2. The van der Waals surface area contributed by atoms with E-state index in [2.05, 4.69) is 10.6 Å². The van der Waals surface area contributed by atoms with E-state index in [-0.39, 0.29) is 24.2 Å². The molecule has 5 heteroatoms. The molecule has 1 aromatic rings. The number of anilines is 1. The van der Waals surface area contributed by atoms with Crippen molar-refractivity contribution in [2.45, 2.75) is 12.8 Å². The Labute approximate surface area is 111 Å². The molecule has 1 fully saturated rings. The first-order valence-corrected chi connectivity index (χ1v) is 6.55. The van der Waals surface area contributed by atoms with Crippen molar-refractivity contribution in [3.05, 3.63) is 23.8 Å². The molecule has 0 aromatic heterocycles. The van der Waals surface area contributed by atoms with Crippen LogP contribution in [0.2, 0.25) is 0 Å². The van der Waals surface area contributed by atoms with Gasteiger partial charge in [0.25, 0.3) is 5.91 Å². The zero-order valence-corrected chi connectivity index (χ0v) is 10.6. The van der Waals surface area contributed by atoms with Gasteiger partial charge in [-0.25, -0.2) is 0 Å². The van der Waals surface area contributed by atoms with Crippen molar-refractivity contribution in [1.29, 1.82) is 0 Å². The minimum absolute atomic E-state index is 0.0363. The third kappa shape index (κ3) is 2.46. The highest BCUT2D eigenvalue weighted by Gasteiger charge is 2.24. The van der Waals surface area contributed by atoms with Crippen molar-refractivity contribution in [1.82, 2.24) is 5.32 Å². The topological polar surface area (TPSA) is 67.4 Å². The molecule has 1 saturated heterocycles. The molecule has 100 valence electrons. The molecule has 0 bridgehead atoms. The Bertz CT molecular complexity index is 521. The molecule has 2 aliphatic heterocycles. The van der Waals surface area contributed by atoms with Crippen LogP contribution < -0.4 is 15.4 Å². The van der Waals surface area contributed by atoms with E-state index >= 15 is 0 Å². The maximum Gasteiger partial charge on any atom is 0.262 e. The highest BCUT2D eigenvalue weighted by molar-refractivity contribution is 6.01. The van der Waals surface area contributed by atoms with Crippen molar-refractivity contribution in [2.24, 2.45) is 5.92 Å². The lowest BCUT2D eigenvalue weighted by Gasteiger charge is -2.22. The molecule has 1 aromatic carbocycles. The van der Waals surface area contributed by atoms with E-state index in [1.807, 2.05) is 0 Å². The molecular formula is C14H16N2O3. The van der Waals surface area contributed by atoms with Gasteiger partial charge in [-0.2, -0.15) is 0 Å². The first-order valence-electron chi connectivity index (χ1n) is 6.55. The highest BCUT2D eigenvalue weighted by atomic mass is 16.5. The number of rotatable bonds is 2. The Hall–Kier alpha value is -1.88. The van der Waals surface area contributed by atoms with Crippen molar-refractivity contribution in [2.75, 3.05) is 25.0 Å². The van der Waals surface area contributed by atoms with E-state index in [0.717, 1.165) is 25.9 Å². The molecule has 19 heavy (non-hydrogen) atoms. The summed E-state index contributed by atoms with van der Waals surface area (Å²) in [7, 11) is 0. The number of nitrogens with one attached hydrogen (secondary N) is 2. The number of piperidine rings is 1. The molecule has 0 saturated carbocycles. The predicted molar refractivity (Wildman–Crippen MR) is 70.5 cm³/mol. The maximum atomic E-state index is 12.4. The molecule has 2 N–H and O–H groups in total. The summed E-state index contributed by atoms with van der Waals surface area (Å²) in [5.41, 5.74) is 1.24. The monoisotopic (exact) mass is 260 g/mol. The summed E-state index contributed by atoms with van der Waals surface area (Å²) in [4.78, 5) is 23.7. The van der Waals surface area contributed by atoms with Gasteiger partial charge in [-0.3, -0.25) is 9.59 Å². The van der Waals surface area contributed by atoms with Crippen LogP contribution in [0.3, 0.4) is 0 Å². The van der Waals surface area contributed by atoms with Crippen LogP contribution in [0, 0.1) is 5.92 Å². The lowest BCUT2D eigenvalue weighted by atomic mass is 9.89. The van der Waals surface area contributed by atoms with E-state index in [1.165, 1.54) is 0 Å². The van der Waals surface area contributed by atoms with Crippen LogP contribution in [0.25, 0.3) is 0 Å². The van der Waals surface area contributed by atoms with Crippen molar-refractivity contribution in [3.8, 4) is 5.75 Å². The number of ketones is 1. The second kappa shape index (κ2) is 5.01. The third-order valence-corrected chi connectivity index (χ3v) is 3.61. The van der Waals surface area contributed by atoms with Crippen LogP contribution in [-0.2, 0) is 4.79 Å². The lowest BCUT2D eigenvalue weighted by Crippen LogP contribution is -2.32. The predicted octanol–water partition coefficient (Wildman–Crippen LogP) is 1.20. The fourth-order valence-electron chi connectivity index (χ4n) is 2.56. The summed E-state index contributed by atoms with van der Waals surface area (Å²) < 4.78 is 5.28. The number of amides is 1. The number of hydrogen-bond donors (Lipinski definition) is 2. The zero-order chi connectivity index (χ0) is 13.2. The number of ether oxygens (including phenoxy) is 1. The third-order valence-electron chi connectivity index (χ3n) is 3.61. The molecule has 0 spiro atoms. The molecule has 3 rings (SSSR count). The lowest BCUT2D eigenvalue weighted by molar-refractivity contribution is -0.118. The number of Topliss-reactive ketones (excluding diaryl/α,β-unsaturated/α-hetero) is 1. The van der Waals surface area contributed by atoms with Gasteiger partial charge >= 0.3 is 0 Å². The first kappa shape index (κ1) is 12.2. The molecule has 0 aliphatic carbocycles. The Morgan fingerprint density at radius 1 is 1.26 bits per heavy atom. The normalized spacial score (nSPS) is 19.3. The van der Waals surface area contributed by atoms with Crippen LogP contribution in [0.15, 0.2) is 18.2 Å². The molecule has 5 nitrogen and oxygen atoms in total. The Morgan fingerprint density at radius 2 is 2.05 bits per heavy atom. The molecule has 0 radical (unpaired) electrons. The van der Waals surface area contributed by atoms with Gasteiger partial charge < -0.3 is 15.4 Å². The molecule has 0 unspecified atom stereocenters. The summed E-state index contributed by atoms with van der Waals surface area (Å²) in [6.45, 7) is 1.82. The van der Waals surface area contributed by atoms with Crippen LogP contribution in [0.5, 0.6) is 5.75 Å². The standard InChI is InChI=1S/C14H16N2O3/c17-13-8-19-12-2-1-10(7-11(12)16-13)14(18)9-3-5-15-6-4-9/h1-2,7,9,15H,3-6,8H2,(H,16,17). The van der Waals surface area contributed by atoms with Gasteiger partial charge in [0.2, 0.25) is 0 Å². The highest BCUT2D eigenvalue weighted by Crippen LogP contribution is 2.30. The van der Waals surface area contributed by atoms with Gasteiger partial charge in [-0.15, -0.1) is 0 Å². The molecule has 1 amide bonds. The van der Waals surface area contributed by atoms with Gasteiger partial charge in [0.1, 0.15) is 5.75 Å². The van der Waals surface area contributed by atoms with Crippen LogP contribution in [0.4, 0.5) is 5.69 Å². The van der Waals surface area contributed by atoms with Gasteiger partial charge in [0, 0.05) is 11.5 Å². The molecule has 2 aliphatic rings. The summed E-state index contributed by atoms with van der Waals surface area (Å²) >= 11 is 0. The number of benzene rings is 1. The van der Waals surface area contributed by atoms with Gasteiger partial charge in [-0.05, 0) is 44.1 Å². The second-order valence-electron chi connectivity index (χ2n) is 4.94. The largest absolute Gasteiger partial charge is 0.482 e. The summed E-state index contributed by atoms with van der Waals surface area (Å²) in [5, 5.41) is 5.98. The van der Waals surface area contributed by atoms with Gasteiger partial charge in [0.15, 0.2) is 12.4 Å². The van der Waals surface area contributed by atoms with Crippen LogP contribution in [0.1, 0.15) is 23.2 Å². The van der Waals surface area contributed by atoms with E-state index in [0.29, 0.717) is 17.0 Å². The number of carbonyl (C=O) groups excluding carboxylic acids is 2. The molecular weight excluding hydrogens is 244 g/mol. The molecule has 2 heterocycles. The van der Waals surface area contributed by atoms with Crippen molar-refractivity contribution >= 4 is 17.4 Å². The quantitative estimate of drug-likeness (QED) is 0.784. The Kier molecular flexibility index (Phi) is 3.21. The molecule has 0 atom stereocenters. The minimum Gasteiger partial charge on any atom is -0.482 e. The van der Waals surface area contributed by atoms with E-state index in [9.17, 15) is 9.59 Å². The zero-order valence-electron chi connectivity index (χ0n) is 10.6. The van der Waals surface area contributed by atoms with Gasteiger partial charge in [-0.1, -0.05) is 0 Å².